The van der Waals surface area contributed by atoms with Crippen LogP contribution in [0.2, 0.25) is 0 Å². The minimum absolute atomic E-state index is 0.207. The number of likely N-dealkylation sites (N-methyl/N-ethyl adjacent to an activating group) is 1. The number of ketones is 2. The topological polar surface area (TPSA) is 225 Å². The fourth-order valence-corrected chi connectivity index (χ4v) is 6.77. The summed E-state index contributed by atoms with van der Waals surface area (Å²) in [5.41, 5.74) is 7.68. The molecule has 0 saturated heterocycles. The van der Waals surface area contributed by atoms with Crippen LogP contribution in [0.4, 0.5) is 0 Å². The lowest BCUT2D eigenvalue weighted by Gasteiger charge is -2.53. The Morgan fingerprint density at radius 3 is 2.10 bits per heavy atom. The van der Waals surface area contributed by atoms with Crippen molar-refractivity contribution < 1.29 is 44.7 Å². The van der Waals surface area contributed by atoms with Gasteiger partial charge < -0.3 is 37.0 Å². The third-order valence-corrected chi connectivity index (χ3v) is 8.59. The summed E-state index contributed by atoms with van der Waals surface area (Å²) < 4.78 is 0. The first kappa shape index (κ1) is 28.0. The van der Waals surface area contributed by atoms with Crippen LogP contribution >= 0.6 is 0 Å². The number of nitrogens with two attached hydrogens (primary N) is 2. The van der Waals surface area contributed by atoms with Crippen molar-refractivity contribution in [1.29, 1.82) is 0 Å². The van der Waals surface area contributed by atoms with E-state index in [4.69, 9.17) is 11.5 Å². The molecule has 0 aliphatic heterocycles. The van der Waals surface area contributed by atoms with E-state index in [1.807, 2.05) is 0 Å². The van der Waals surface area contributed by atoms with Crippen molar-refractivity contribution in [3.63, 3.8) is 0 Å². The van der Waals surface area contributed by atoms with Crippen LogP contribution in [-0.4, -0.2) is 85.7 Å². The first-order valence-electron chi connectivity index (χ1n) is 12.7. The van der Waals surface area contributed by atoms with Crippen LogP contribution in [0, 0.1) is 11.8 Å². The highest BCUT2D eigenvalue weighted by Gasteiger charge is 2.67. The van der Waals surface area contributed by atoms with Crippen molar-refractivity contribution in [1.82, 2.24) is 4.90 Å². The number of primary amides is 2. The Bertz CT molecular complexity index is 1610. The minimum atomic E-state index is -2.98. The Morgan fingerprint density at radius 1 is 0.951 bits per heavy atom. The van der Waals surface area contributed by atoms with E-state index in [1.54, 1.807) is 25.1 Å². The number of hydrogen-bond donors (Lipinski definition) is 7. The lowest BCUT2D eigenvalue weighted by molar-refractivity contribution is -0.162. The predicted octanol–water partition coefficient (Wildman–Crippen LogP) is 0.418. The van der Waals surface area contributed by atoms with E-state index in [9.17, 15) is 44.7 Å². The molecule has 0 aromatic heterocycles. The molecule has 5 rings (SSSR count). The number of amides is 2. The smallest absolute Gasteiger partial charge is 0.255 e. The summed E-state index contributed by atoms with van der Waals surface area (Å²) in [4.78, 5) is 52.5. The van der Waals surface area contributed by atoms with Gasteiger partial charge in [-0.25, -0.2) is 0 Å². The summed E-state index contributed by atoms with van der Waals surface area (Å²) in [6.45, 7) is 1.65. The van der Waals surface area contributed by atoms with Gasteiger partial charge in [0.05, 0.1) is 23.6 Å². The molecule has 3 aliphatic rings. The quantitative estimate of drug-likeness (QED) is 0.254. The van der Waals surface area contributed by atoms with E-state index < -0.39 is 87.3 Å². The average molecular weight is 564 g/mol. The molecule has 12 nitrogen and oxygen atoms in total. The molecule has 3 aliphatic carbocycles. The van der Waals surface area contributed by atoms with E-state index in [0.29, 0.717) is 16.7 Å². The third-order valence-electron chi connectivity index (χ3n) is 8.59. The first-order valence-corrected chi connectivity index (χ1v) is 12.7. The maximum Gasteiger partial charge on any atom is 0.255 e. The minimum Gasteiger partial charge on any atom is -0.510 e. The second kappa shape index (κ2) is 9.26. The molecule has 41 heavy (non-hydrogen) atoms. The standard InChI is InChI=1S/C29H29N3O9/c1-10-15-13(11-4-6-12(7-5-11)27(30)39)8-9-14(33)17(15)22(34)18-16(10)23(35)20-21(32(2)3)24(36)19(28(31)40)26(38)29(20,41)25(18)37/h4-10,16,20-21,23,33,35-37,41H,1-3H3,(H2,30,39)(H2,31,40)/t10-,16+,20+,21-,23-,29-/m0/s1. The number of aliphatic hydroxyl groups is 4. The van der Waals surface area contributed by atoms with Crippen LogP contribution in [0.3, 0.4) is 0 Å². The Kier molecular flexibility index (Phi) is 6.33. The van der Waals surface area contributed by atoms with Crippen LogP contribution in [0.25, 0.3) is 11.1 Å². The lowest BCUT2D eigenvalue weighted by Crippen LogP contribution is -2.68. The van der Waals surface area contributed by atoms with E-state index in [2.05, 4.69) is 0 Å². The van der Waals surface area contributed by atoms with Crippen molar-refractivity contribution >= 4 is 23.4 Å². The van der Waals surface area contributed by atoms with E-state index in [-0.39, 0.29) is 11.1 Å². The molecule has 0 heterocycles. The maximum atomic E-state index is 14.0. The summed E-state index contributed by atoms with van der Waals surface area (Å²) in [7, 11) is 2.94. The van der Waals surface area contributed by atoms with Gasteiger partial charge >= 0.3 is 0 Å². The van der Waals surface area contributed by atoms with Gasteiger partial charge in [0, 0.05) is 17.1 Å². The Labute approximate surface area is 233 Å². The molecule has 2 amide bonds. The molecule has 2 aromatic carbocycles. The number of rotatable bonds is 4. The molecule has 12 heteroatoms. The number of hydrogen-bond acceptors (Lipinski definition) is 10. The molecule has 0 spiro atoms. The largest absolute Gasteiger partial charge is 0.510 e. The van der Waals surface area contributed by atoms with Gasteiger partial charge in [0.25, 0.3) is 5.91 Å². The van der Waals surface area contributed by atoms with Gasteiger partial charge in [0.2, 0.25) is 11.7 Å². The molecule has 214 valence electrons. The number of fused-ring (bicyclic) bond motifs is 3. The predicted molar refractivity (Wildman–Crippen MR) is 144 cm³/mol. The average Bonchev–Trinajstić information content (AvgIpc) is 2.90. The van der Waals surface area contributed by atoms with Gasteiger partial charge in [-0.1, -0.05) is 25.1 Å². The van der Waals surface area contributed by atoms with E-state index in [1.165, 1.54) is 37.2 Å². The van der Waals surface area contributed by atoms with Gasteiger partial charge in [-0.2, -0.15) is 0 Å². The summed E-state index contributed by atoms with van der Waals surface area (Å²) >= 11 is 0. The van der Waals surface area contributed by atoms with Crippen LogP contribution in [0.1, 0.15) is 39.1 Å². The van der Waals surface area contributed by atoms with Gasteiger partial charge in [0.1, 0.15) is 22.8 Å². The maximum absolute atomic E-state index is 14.0. The number of phenols is 1. The Balaban J connectivity index is 1.78. The zero-order valence-corrected chi connectivity index (χ0v) is 22.3. The Hall–Kier alpha value is -4.52. The van der Waals surface area contributed by atoms with Crippen LogP contribution in [0.15, 0.2) is 59.1 Å². The zero-order valence-electron chi connectivity index (χ0n) is 22.3. The van der Waals surface area contributed by atoms with E-state index in [0.717, 1.165) is 0 Å². The number of aromatic hydroxyl groups is 1. The van der Waals surface area contributed by atoms with Gasteiger partial charge in [0.15, 0.2) is 11.4 Å². The van der Waals surface area contributed by atoms with Crippen molar-refractivity contribution in [2.45, 2.75) is 30.6 Å². The van der Waals surface area contributed by atoms with Gasteiger partial charge in [-0.15, -0.1) is 0 Å². The lowest BCUT2D eigenvalue weighted by atomic mass is 9.55. The number of carbonyl (C=O) groups is 4. The molecular weight excluding hydrogens is 534 g/mol. The second-order valence-electron chi connectivity index (χ2n) is 10.9. The molecule has 0 fully saturated rings. The Morgan fingerprint density at radius 2 is 1.56 bits per heavy atom. The summed E-state index contributed by atoms with van der Waals surface area (Å²) in [5, 5.41) is 56.8. The highest BCUT2D eigenvalue weighted by Crippen LogP contribution is 2.56. The summed E-state index contributed by atoms with van der Waals surface area (Å²) in [6.07, 6.45) is -1.71. The molecular formula is C29H29N3O9. The second-order valence-corrected chi connectivity index (χ2v) is 10.9. The highest BCUT2D eigenvalue weighted by molar-refractivity contribution is 6.25. The number of nitrogens with zero attached hydrogens (tertiary/aromatic N) is 1. The van der Waals surface area contributed by atoms with Gasteiger partial charge in [-0.3, -0.25) is 24.1 Å². The van der Waals surface area contributed by atoms with Crippen LogP contribution in [-0.2, 0) is 9.59 Å². The van der Waals surface area contributed by atoms with E-state index >= 15 is 0 Å². The number of phenolic OH excluding ortho intramolecular Hbond substituents is 1. The summed E-state index contributed by atoms with van der Waals surface area (Å²) in [5.74, 6) is -10.3. The molecule has 6 atom stereocenters. The fraction of sp³-hybridized carbons (Fsp3) is 0.310. The normalized spacial score (nSPS) is 29.3. The first-order chi connectivity index (χ1) is 19.2. The van der Waals surface area contributed by atoms with Crippen molar-refractivity contribution in [3.05, 3.63) is 75.8 Å². The number of benzene rings is 2. The van der Waals surface area contributed by atoms with Crippen molar-refractivity contribution in [2.75, 3.05) is 14.1 Å². The number of Topliss-reactive ketones (excluding diaryl/α,β-unsaturated/α-hetero) is 2. The zero-order chi connectivity index (χ0) is 30.3. The third kappa shape index (κ3) is 3.64. The monoisotopic (exact) mass is 563 g/mol. The molecule has 0 saturated carbocycles. The summed E-state index contributed by atoms with van der Waals surface area (Å²) in [6, 6.07) is 7.71. The number of carbonyl (C=O) groups excluding carboxylic acids is 4. The molecule has 0 bridgehead atoms. The fourth-order valence-electron chi connectivity index (χ4n) is 6.77. The number of aliphatic hydroxyl groups excluding tert-OH is 3. The molecule has 0 radical (unpaired) electrons. The molecule has 2 aromatic rings. The molecule has 9 N–H and O–H groups in total. The van der Waals surface area contributed by atoms with Crippen molar-refractivity contribution in [2.24, 2.45) is 23.3 Å². The van der Waals surface area contributed by atoms with Crippen molar-refractivity contribution in [3.8, 4) is 16.9 Å². The SMILES string of the molecule is C[C@H]1c2c(-c3ccc(C(N)=O)cc3)ccc(O)c2C(=O)C2=C(O)[C@]3(O)C(=O)C(C(N)=O)=C(O)[C@@H](N(C)C)[C@@H]3[C@@H](O)[C@@H]21. The van der Waals surface area contributed by atoms with Crippen LogP contribution < -0.4 is 11.5 Å². The highest BCUT2D eigenvalue weighted by atomic mass is 16.4. The van der Waals surface area contributed by atoms with Gasteiger partial charge in [-0.05, 0) is 54.9 Å². The van der Waals surface area contributed by atoms with Crippen LogP contribution in [0.5, 0.6) is 5.75 Å². The molecule has 0 unspecified atom stereocenters.